The molecule has 1 rings (SSSR count). The molecule has 0 aliphatic carbocycles. The van der Waals surface area contributed by atoms with Gasteiger partial charge in [-0.3, -0.25) is 4.79 Å². The van der Waals surface area contributed by atoms with Crippen molar-refractivity contribution in [1.29, 1.82) is 0 Å². The summed E-state index contributed by atoms with van der Waals surface area (Å²) in [5.41, 5.74) is 0.805. The summed E-state index contributed by atoms with van der Waals surface area (Å²) in [7, 11) is 0. The molecule has 1 aromatic carbocycles. The molecule has 0 aromatic heterocycles. The number of rotatable bonds is 2. The van der Waals surface area contributed by atoms with E-state index in [2.05, 4.69) is 0 Å². The van der Waals surface area contributed by atoms with E-state index in [4.69, 9.17) is 0 Å². The molecule has 2 N–H and O–H groups in total. The van der Waals surface area contributed by atoms with Crippen molar-refractivity contribution >= 4 is 5.78 Å². The maximum absolute atomic E-state index is 11.0. The van der Waals surface area contributed by atoms with Crippen molar-refractivity contribution in [3.05, 3.63) is 23.3 Å². The molecule has 1 aromatic rings. The minimum Gasteiger partial charge on any atom is -0.508 e. The molecule has 0 spiro atoms. The number of hydrogen-bond acceptors (Lipinski definition) is 3. The molecule has 0 saturated heterocycles. The number of benzene rings is 1. The van der Waals surface area contributed by atoms with Crippen molar-refractivity contribution < 1.29 is 15.0 Å². The van der Waals surface area contributed by atoms with E-state index in [0.29, 0.717) is 5.56 Å². The molecule has 0 amide bonds. The minimum absolute atomic E-state index is 0.0583. The lowest BCUT2D eigenvalue weighted by Gasteiger charge is -2.10. The third-order valence-corrected chi connectivity index (χ3v) is 2.15. The first-order valence-electron chi connectivity index (χ1n) is 4.50. The van der Waals surface area contributed by atoms with Crippen LogP contribution in [0.5, 0.6) is 11.5 Å². The van der Waals surface area contributed by atoms with Gasteiger partial charge in [-0.05, 0) is 25.0 Å². The second-order valence-electron chi connectivity index (χ2n) is 3.64. The normalized spacial score (nSPS) is 10.6. The Morgan fingerprint density at radius 1 is 1.21 bits per heavy atom. The zero-order chi connectivity index (χ0) is 10.9. The van der Waals surface area contributed by atoms with Crippen molar-refractivity contribution in [2.75, 3.05) is 0 Å². The Kier molecular flexibility index (Phi) is 2.79. The summed E-state index contributed by atoms with van der Waals surface area (Å²) in [4.78, 5) is 11.0. The molecular formula is C11H14O3. The SMILES string of the molecule is CC(=O)c1cc(O)c(C(C)C)cc1O. The highest BCUT2D eigenvalue weighted by atomic mass is 16.3. The van der Waals surface area contributed by atoms with Crippen LogP contribution in [0.2, 0.25) is 0 Å². The zero-order valence-corrected chi connectivity index (χ0v) is 8.53. The van der Waals surface area contributed by atoms with Crippen LogP contribution in [0.4, 0.5) is 0 Å². The van der Waals surface area contributed by atoms with E-state index in [0.717, 1.165) is 0 Å². The summed E-state index contributed by atoms with van der Waals surface area (Å²) in [6, 6.07) is 2.75. The molecule has 0 heterocycles. The van der Waals surface area contributed by atoms with Crippen LogP contribution in [0.3, 0.4) is 0 Å². The Labute approximate surface area is 83.0 Å². The van der Waals surface area contributed by atoms with Gasteiger partial charge in [0.15, 0.2) is 5.78 Å². The topological polar surface area (TPSA) is 57.5 Å². The van der Waals surface area contributed by atoms with E-state index in [9.17, 15) is 15.0 Å². The predicted molar refractivity (Wildman–Crippen MR) is 53.9 cm³/mol. The van der Waals surface area contributed by atoms with Crippen molar-refractivity contribution in [2.24, 2.45) is 0 Å². The van der Waals surface area contributed by atoms with Crippen LogP contribution in [0.1, 0.15) is 42.6 Å². The molecule has 14 heavy (non-hydrogen) atoms. The molecule has 0 bridgehead atoms. The molecule has 76 valence electrons. The van der Waals surface area contributed by atoms with Gasteiger partial charge in [0.2, 0.25) is 0 Å². The Balaban J connectivity index is 3.31. The number of Topliss-reactive ketones (excluding diaryl/α,β-unsaturated/α-hetero) is 1. The third-order valence-electron chi connectivity index (χ3n) is 2.15. The van der Waals surface area contributed by atoms with Gasteiger partial charge in [0, 0.05) is 5.56 Å². The monoisotopic (exact) mass is 194 g/mol. The lowest BCUT2D eigenvalue weighted by Crippen LogP contribution is -1.96. The first kappa shape index (κ1) is 10.6. The number of phenols is 2. The number of hydrogen-bond donors (Lipinski definition) is 2. The summed E-state index contributed by atoms with van der Waals surface area (Å²) >= 11 is 0. The minimum atomic E-state index is -0.256. The van der Waals surface area contributed by atoms with Crippen LogP contribution in [-0.2, 0) is 0 Å². The standard InChI is InChI=1S/C11H14O3/c1-6(2)8-4-11(14)9(7(3)12)5-10(8)13/h4-6,13-14H,1-3H3. The average molecular weight is 194 g/mol. The Bertz CT molecular complexity index is 367. The van der Waals surface area contributed by atoms with Gasteiger partial charge < -0.3 is 10.2 Å². The largest absolute Gasteiger partial charge is 0.508 e. The van der Waals surface area contributed by atoms with Gasteiger partial charge in [-0.15, -0.1) is 0 Å². The highest BCUT2D eigenvalue weighted by molar-refractivity contribution is 5.97. The van der Waals surface area contributed by atoms with Gasteiger partial charge >= 0.3 is 0 Å². The summed E-state index contributed by atoms with van der Waals surface area (Å²) in [5.74, 6) is -0.156. The Morgan fingerprint density at radius 2 is 1.79 bits per heavy atom. The number of carbonyl (C=O) groups is 1. The highest BCUT2D eigenvalue weighted by Crippen LogP contribution is 2.32. The van der Waals surface area contributed by atoms with E-state index < -0.39 is 0 Å². The maximum Gasteiger partial charge on any atom is 0.163 e. The lowest BCUT2D eigenvalue weighted by atomic mass is 9.98. The lowest BCUT2D eigenvalue weighted by molar-refractivity contribution is 0.101. The fourth-order valence-electron chi connectivity index (χ4n) is 1.34. The summed E-state index contributed by atoms with van der Waals surface area (Å²) < 4.78 is 0. The molecule has 0 aliphatic heterocycles. The summed E-state index contributed by atoms with van der Waals surface area (Å²) in [6.45, 7) is 5.16. The molecule has 0 aliphatic rings. The second-order valence-corrected chi connectivity index (χ2v) is 3.64. The van der Waals surface area contributed by atoms with Gasteiger partial charge in [-0.1, -0.05) is 13.8 Å². The van der Waals surface area contributed by atoms with E-state index in [1.807, 2.05) is 13.8 Å². The molecule has 0 atom stereocenters. The first-order chi connectivity index (χ1) is 6.43. The van der Waals surface area contributed by atoms with Crippen molar-refractivity contribution in [1.82, 2.24) is 0 Å². The second kappa shape index (κ2) is 3.70. The molecule has 3 nitrogen and oxygen atoms in total. The molecule has 3 heteroatoms. The molecular weight excluding hydrogens is 180 g/mol. The van der Waals surface area contributed by atoms with Crippen LogP contribution < -0.4 is 0 Å². The average Bonchev–Trinajstić information content (AvgIpc) is 2.07. The van der Waals surface area contributed by atoms with E-state index in [-0.39, 0.29) is 28.8 Å². The predicted octanol–water partition coefficient (Wildman–Crippen LogP) is 2.42. The fraction of sp³-hybridized carbons (Fsp3) is 0.364. The maximum atomic E-state index is 11.0. The van der Waals surface area contributed by atoms with Crippen LogP contribution in [0.25, 0.3) is 0 Å². The van der Waals surface area contributed by atoms with Crippen molar-refractivity contribution in [2.45, 2.75) is 26.7 Å². The quantitative estimate of drug-likeness (QED) is 0.561. The number of phenolic OH excluding ortho intramolecular Hbond substituents is 2. The van der Waals surface area contributed by atoms with Crippen LogP contribution in [0, 0.1) is 0 Å². The highest BCUT2D eigenvalue weighted by Gasteiger charge is 2.13. The van der Waals surface area contributed by atoms with E-state index >= 15 is 0 Å². The van der Waals surface area contributed by atoms with Gasteiger partial charge in [0.1, 0.15) is 11.5 Å². The summed E-state index contributed by atoms with van der Waals surface area (Å²) in [6.07, 6.45) is 0. The number of carbonyl (C=O) groups excluding carboxylic acids is 1. The third kappa shape index (κ3) is 1.87. The van der Waals surface area contributed by atoms with Gasteiger partial charge in [-0.25, -0.2) is 0 Å². The smallest absolute Gasteiger partial charge is 0.163 e. The van der Waals surface area contributed by atoms with Crippen LogP contribution in [-0.4, -0.2) is 16.0 Å². The van der Waals surface area contributed by atoms with Crippen LogP contribution >= 0.6 is 0 Å². The van der Waals surface area contributed by atoms with Gasteiger partial charge in [0.25, 0.3) is 0 Å². The zero-order valence-electron chi connectivity index (χ0n) is 8.53. The molecule has 0 saturated carbocycles. The molecule has 0 fully saturated rings. The van der Waals surface area contributed by atoms with E-state index in [1.165, 1.54) is 19.1 Å². The molecule has 0 unspecified atom stereocenters. The Hall–Kier alpha value is -1.51. The molecule has 0 radical (unpaired) electrons. The van der Waals surface area contributed by atoms with Gasteiger partial charge in [0.05, 0.1) is 5.56 Å². The van der Waals surface area contributed by atoms with Crippen molar-refractivity contribution in [3.8, 4) is 11.5 Å². The fourth-order valence-corrected chi connectivity index (χ4v) is 1.34. The van der Waals surface area contributed by atoms with E-state index in [1.54, 1.807) is 0 Å². The van der Waals surface area contributed by atoms with Crippen LogP contribution in [0.15, 0.2) is 12.1 Å². The summed E-state index contributed by atoms with van der Waals surface area (Å²) in [5, 5.41) is 19.1. The first-order valence-corrected chi connectivity index (χ1v) is 4.50. The van der Waals surface area contributed by atoms with Gasteiger partial charge in [-0.2, -0.15) is 0 Å². The Morgan fingerprint density at radius 3 is 2.21 bits per heavy atom. The number of aromatic hydroxyl groups is 2. The number of ketones is 1. The van der Waals surface area contributed by atoms with Crippen molar-refractivity contribution in [3.63, 3.8) is 0 Å².